The van der Waals surface area contributed by atoms with Gasteiger partial charge in [0.25, 0.3) is 11.5 Å². The Bertz CT molecular complexity index is 785. The molecule has 0 atom stereocenters. The smallest absolute Gasteiger partial charge is 0.274 e. The summed E-state index contributed by atoms with van der Waals surface area (Å²) < 4.78 is 0. The number of hydrogen-bond donors (Lipinski definition) is 1. The van der Waals surface area contributed by atoms with E-state index in [0.717, 1.165) is 17.8 Å². The Hall–Kier alpha value is -2.18. The molecule has 0 aromatic carbocycles. The van der Waals surface area contributed by atoms with Crippen LogP contribution in [0.1, 0.15) is 55.4 Å². The molecule has 7 nitrogen and oxygen atoms in total. The van der Waals surface area contributed by atoms with Crippen LogP contribution in [-0.2, 0) is 4.79 Å². The molecule has 1 N–H and O–H groups in total. The molecule has 5 fully saturated rings. The number of H-pyrrole nitrogens is 1. The van der Waals surface area contributed by atoms with Crippen LogP contribution in [-0.4, -0.2) is 58.0 Å². The number of carbonyl (C=O) groups is 2. The first kappa shape index (κ1) is 17.9. The van der Waals surface area contributed by atoms with Crippen LogP contribution < -0.4 is 5.56 Å². The van der Waals surface area contributed by atoms with E-state index in [1.165, 1.54) is 50.7 Å². The maximum absolute atomic E-state index is 13.0. The predicted molar refractivity (Wildman–Crippen MR) is 103 cm³/mol. The molecule has 1 saturated heterocycles. The van der Waals surface area contributed by atoms with E-state index in [1.807, 2.05) is 4.90 Å². The lowest BCUT2D eigenvalue weighted by molar-refractivity contribution is -0.141. The van der Waals surface area contributed by atoms with Gasteiger partial charge in [-0.25, -0.2) is 5.10 Å². The fraction of sp³-hybridized carbons (Fsp3) is 0.714. The van der Waals surface area contributed by atoms with Gasteiger partial charge in [-0.15, -0.1) is 0 Å². The number of rotatable bonds is 3. The van der Waals surface area contributed by atoms with Gasteiger partial charge in [0.2, 0.25) is 5.91 Å². The summed E-state index contributed by atoms with van der Waals surface area (Å²) in [7, 11) is 0. The second-order valence-electron chi connectivity index (χ2n) is 9.57. The molecule has 4 aliphatic carbocycles. The van der Waals surface area contributed by atoms with Crippen molar-refractivity contribution in [3.8, 4) is 0 Å². The van der Waals surface area contributed by atoms with Crippen LogP contribution in [0.4, 0.5) is 0 Å². The highest BCUT2D eigenvalue weighted by Crippen LogP contribution is 2.61. The standard InChI is InChI=1S/C21H28N4O3/c26-18-2-1-17(22-23-18)20(28)25-5-3-24(4-6-25)19(27)13-21-10-14-7-15(11-21)9-16(8-14)12-21/h1-2,14-16H,3-13H2,(H,23,26). The second-order valence-corrected chi connectivity index (χ2v) is 9.57. The Morgan fingerprint density at radius 2 is 1.54 bits per heavy atom. The minimum absolute atomic E-state index is 0.190. The Kier molecular flexibility index (Phi) is 4.29. The van der Waals surface area contributed by atoms with Gasteiger partial charge in [-0.05, 0) is 67.8 Å². The zero-order chi connectivity index (χ0) is 19.3. The van der Waals surface area contributed by atoms with Crippen molar-refractivity contribution in [3.63, 3.8) is 0 Å². The molecule has 5 aliphatic rings. The zero-order valence-electron chi connectivity index (χ0n) is 16.2. The summed E-state index contributed by atoms with van der Waals surface area (Å²) in [5.74, 6) is 2.66. The molecule has 0 spiro atoms. The molecule has 4 saturated carbocycles. The summed E-state index contributed by atoms with van der Waals surface area (Å²) in [5.41, 5.74) is 0.183. The Morgan fingerprint density at radius 1 is 0.964 bits per heavy atom. The maximum atomic E-state index is 13.0. The van der Waals surface area contributed by atoms with Gasteiger partial charge in [0, 0.05) is 38.7 Å². The van der Waals surface area contributed by atoms with E-state index in [2.05, 4.69) is 10.2 Å². The number of aromatic amines is 1. The lowest BCUT2D eigenvalue weighted by atomic mass is 9.49. The van der Waals surface area contributed by atoms with Crippen LogP contribution in [0.5, 0.6) is 0 Å². The maximum Gasteiger partial charge on any atom is 0.274 e. The molecular formula is C21H28N4O3. The average molecular weight is 384 g/mol. The van der Waals surface area contributed by atoms with Crippen LogP contribution >= 0.6 is 0 Å². The average Bonchev–Trinajstić information content (AvgIpc) is 2.67. The summed E-state index contributed by atoms with van der Waals surface area (Å²) in [6, 6.07) is 2.76. The minimum atomic E-state index is -0.323. The molecule has 28 heavy (non-hydrogen) atoms. The molecular weight excluding hydrogens is 356 g/mol. The van der Waals surface area contributed by atoms with Crippen molar-refractivity contribution in [3.05, 3.63) is 28.2 Å². The summed E-state index contributed by atoms with van der Waals surface area (Å²) in [5, 5.41) is 6.12. The van der Waals surface area contributed by atoms with Gasteiger partial charge in [0.15, 0.2) is 0 Å². The number of amides is 2. The highest BCUT2D eigenvalue weighted by Gasteiger charge is 2.51. The van der Waals surface area contributed by atoms with Gasteiger partial charge in [0.05, 0.1) is 0 Å². The lowest BCUT2D eigenvalue weighted by Gasteiger charge is -2.57. The van der Waals surface area contributed by atoms with Gasteiger partial charge in [-0.1, -0.05) is 0 Å². The van der Waals surface area contributed by atoms with Crippen LogP contribution in [0, 0.1) is 23.2 Å². The topological polar surface area (TPSA) is 86.4 Å². The SMILES string of the molecule is O=C(CC12CC3CC(CC(C3)C1)C2)N1CCN(C(=O)c2ccc(=O)[nH]n2)CC1. The third-order valence-electron chi connectivity index (χ3n) is 7.51. The Labute approximate surface area is 164 Å². The Balaban J connectivity index is 1.18. The van der Waals surface area contributed by atoms with Gasteiger partial charge in [-0.3, -0.25) is 14.4 Å². The van der Waals surface area contributed by atoms with E-state index in [9.17, 15) is 14.4 Å². The first-order chi connectivity index (χ1) is 13.5. The van der Waals surface area contributed by atoms with Crippen LogP contribution in [0.2, 0.25) is 0 Å². The van der Waals surface area contributed by atoms with Crippen molar-refractivity contribution in [2.75, 3.05) is 26.2 Å². The van der Waals surface area contributed by atoms with Crippen molar-refractivity contribution in [1.29, 1.82) is 0 Å². The molecule has 2 heterocycles. The third kappa shape index (κ3) is 3.25. The molecule has 6 rings (SSSR count). The van der Waals surface area contributed by atoms with E-state index in [4.69, 9.17) is 0 Å². The summed E-state index contributed by atoms with van der Waals surface area (Å²) >= 11 is 0. The van der Waals surface area contributed by atoms with Crippen molar-refractivity contribution in [2.45, 2.75) is 44.9 Å². The largest absolute Gasteiger partial charge is 0.339 e. The van der Waals surface area contributed by atoms with Gasteiger partial charge < -0.3 is 9.80 Å². The monoisotopic (exact) mass is 384 g/mol. The van der Waals surface area contributed by atoms with Crippen molar-refractivity contribution < 1.29 is 9.59 Å². The van der Waals surface area contributed by atoms with E-state index >= 15 is 0 Å². The third-order valence-corrected chi connectivity index (χ3v) is 7.51. The number of carbonyl (C=O) groups excluding carboxylic acids is 2. The summed E-state index contributed by atoms with van der Waals surface area (Å²) in [4.78, 5) is 40.3. The van der Waals surface area contributed by atoms with Crippen LogP contribution in [0.25, 0.3) is 0 Å². The molecule has 4 bridgehead atoms. The molecule has 1 aliphatic heterocycles. The fourth-order valence-electron chi connectivity index (χ4n) is 6.72. The number of hydrogen-bond acceptors (Lipinski definition) is 4. The second kappa shape index (κ2) is 6.71. The first-order valence-electron chi connectivity index (χ1n) is 10.6. The number of piperazine rings is 1. The van der Waals surface area contributed by atoms with Gasteiger partial charge in [0.1, 0.15) is 5.69 Å². The predicted octanol–water partition coefficient (Wildman–Crippen LogP) is 1.66. The molecule has 7 heteroatoms. The normalized spacial score (nSPS) is 33.9. The van der Waals surface area contributed by atoms with Gasteiger partial charge >= 0.3 is 0 Å². The highest BCUT2D eigenvalue weighted by atomic mass is 16.2. The molecule has 0 unspecified atom stereocenters. The lowest BCUT2D eigenvalue weighted by Crippen LogP contribution is -2.53. The van der Waals surface area contributed by atoms with E-state index < -0.39 is 0 Å². The molecule has 1 aromatic heterocycles. The van der Waals surface area contributed by atoms with Crippen molar-refractivity contribution >= 4 is 11.8 Å². The van der Waals surface area contributed by atoms with E-state index in [0.29, 0.717) is 32.6 Å². The van der Waals surface area contributed by atoms with Gasteiger partial charge in [-0.2, -0.15) is 5.10 Å². The molecule has 150 valence electrons. The quantitative estimate of drug-likeness (QED) is 0.859. The minimum Gasteiger partial charge on any atom is -0.339 e. The summed E-state index contributed by atoms with van der Waals surface area (Å²) in [6.07, 6.45) is 8.64. The van der Waals surface area contributed by atoms with Crippen LogP contribution in [0.3, 0.4) is 0 Å². The van der Waals surface area contributed by atoms with E-state index in [1.54, 1.807) is 4.90 Å². The summed E-state index contributed by atoms with van der Waals surface area (Å²) in [6.45, 7) is 2.21. The highest BCUT2D eigenvalue weighted by molar-refractivity contribution is 5.92. The first-order valence-corrected chi connectivity index (χ1v) is 10.6. The zero-order valence-corrected chi connectivity index (χ0v) is 16.2. The van der Waals surface area contributed by atoms with E-state index in [-0.39, 0.29) is 28.5 Å². The number of nitrogens with one attached hydrogen (secondary N) is 1. The number of aromatic nitrogens is 2. The van der Waals surface area contributed by atoms with Crippen molar-refractivity contribution in [1.82, 2.24) is 20.0 Å². The fourth-order valence-corrected chi connectivity index (χ4v) is 6.72. The van der Waals surface area contributed by atoms with Crippen molar-refractivity contribution in [2.24, 2.45) is 23.2 Å². The molecule has 2 amide bonds. The van der Waals surface area contributed by atoms with Crippen LogP contribution in [0.15, 0.2) is 16.9 Å². The Morgan fingerprint density at radius 3 is 2.07 bits per heavy atom. The molecule has 0 radical (unpaired) electrons. The number of nitrogens with zero attached hydrogens (tertiary/aromatic N) is 3. The molecule has 1 aromatic rings.